The van der Waals surface area contributed by atoms with Crippen molar-refractivity contribution in [3.05, 3.63) is 30.0 Å². The molecule has 0 radical (unpaired) electrons. The molecule has 0 fully saturated rings. The summed E-state index contributed by atoms with van der Waals surface area (Å²) < 4.78 is 2.09. The van der Waals surface area contributed by atoms with Gasteiger partial charge in [-0.3, -0.25) is 4.68 Å². The van der Waals surface area contributed by atoms with Crippen LogP contribution in [0.2, 0.25) is 0 Å². The number of nitrogens with zero attached hydrogens (tertiary/aromatic N) is 2. The first-order valence-corrected chi connectivity index (χ1v) is 8.70. The summed E-state index contributed by atoms with van der Waals surface area (Å²) in [7, 11) is 0. The number of fused-ring (bicyclic) bond motifs is 1. The quantitative estimate of drug-likeness (QED) is 0.551. The van der Waals surface area contributed by atoms with Crippen LogP contribution in [0.4, 0.5) is 0 Å². The third-order valence-corrected chi connectivity index (χ3v) is 4.12. The summed E-state index contributed by atoms with van der Waals surface area (Å²) in [5.74, 6) is 0. The van der Waals surface area contributed by atoms with Gasteiger partial charge in [-0.25, -0.2) is 0 Å². The average molecular weight is 338 g/mol. The lowest BCUT2D eigenvalue weighted by atomic mass is 10.2. The molecule has 0 aliphatic heterocycles. The summed E-state index contributed by atoms with van der Waals surface area (Å²) in [6, 6.07) is 8.49. The second-order valence-electron chi connectivity index (χ2n) is 5.06. The van der Waals surface area contributed by atoms with E-state index in [9.17, 15) is 0 Å². The standard InChI is InChI=1S/C16H24BrN3/c1-2-20-16-10-6-5-9-14(16)15(19-20)13-18-12-8-4-3-7-11-17/h5-6,9-10,18H,2-4,7-8,11-13H2,1H3. The molecule has 0 saturated heterocycles. The van der Waals surface area contributed by atoms with E-state index in [1.807, 2.05) is 0 Å². The Bertz CT molecular complexity index is 521. The number of alkyl halides is 1. The summed E-state index contributed by atoms with van der Waals surface area (Å²) in [4.78, 5) is 0. The summed E-state index contributed by atoms with van der Waals surface area (Å²) in [5.41, 5.74) is 2.41. The van der Waals surface area contributed by atoms with Crippen LogP contribution in [-0.4, -0.2) is 21.7 Å². The van der Waals surface area contributed by atoms with Gasteiger partial charge >= 0.3 is 0 Å². The largest absolute Gasteiger partial charge is 0.311 e. The van der Waals surface area contributed by atoms with Gasteiger partial charge in [-0.1, -0.05) is 47.0 Å². The maximum atomic E-state index is 4.70. The highest BCUT2D eigenvalue weighted by Gasteiger charge is 2.07. The van der Waals surface area contributed by atoms with E-state index in [0.717, 1.165) is 25.0 Å². The number of para-hydroxylation sites is 1. The molecule has 2 aromatic rings. The van der Waals surface area contributed by atoms with Crippen LogP contribution in [-0.2, 0) is 13.1 Å². The number of unbranched alkanes of at least 4 members (excludes halogenated alkanes) is 3. The van der Waals surface area contributed by atoms with Crippen LogP contribution in [0.1, 0.15) is 38.3 Å². The minimum Gasteiger partial charge on any atom is -0.311 e. The van der Waals surface area contributed by atoms with Gasteiger partial charge in [0.05, 0.1) is 11.2 Å². The van der Waals surface area contributed by atoms with Gasteiger partial charge in [-0.2, -0.15) is 5.10 Å². The van der Waals surface area contributed by atoms with E-state index in [-0.39, 0.29) is 0 Å². The van der Waals surface area contributed by atoms with E-state index in [1.165, 1.54) is 42.3 Å². The van der Waals surface area contributed by atoms with E-state index in [0.29, 0.717) is 0 Å². The Morgan fingerprint density at radius 3 is 2.75 bits per heavy atom. The average Bonchev–Trinajstić information content (AvgIpc) is 2.85. The second-order valence-corrected chi connectivity index (χ2v) is 5.85. The molecule has 0 aliphatic carbocycles. The lowest BCUT2D eigenvalue weighted by molar-refractivity contribution is 0.586. The number of rotatable bonds is 9. The Kier molecular flexibility index (Phi) is 6.54. The molecule has 1 aromatic heterocycles. The molecule has 3 nitrogen and oxygen atoms in total. The molecule has 1 aromatic carbocycles. The maximum Gasteiger partial charge on any atom is 0.0841 e. The first-order chi connectivity index (χ1) is 9.86. The molecule has 20 heavy (non-hydrogen) atoms. The molecule has 0 amide bonds. The molecule has 1 heterocycles. The Hall–Kier alpha value is -0.870. The summed E-state index contributed by atoms with van der Waals surface area (Å²) in [5, 5.41) is 10.6. The molecule has 0 unspecified atom stereocenters. The smallest absolute Gasteiger partial charge is 0.0841 e. The zero-order valence-electron chi connectivity index (χ0n) is 12.2. The molecule has 0 aliphatic rings. The molecule has 4 heteroatoms. The molecule has 2 rings (SSSR count). The first kappa shape index (κ1) is 15.5. The van der Waals surface area contributed by atoms with Crippen molar-refractivity contribution in [2.75, 3.05) is 11.9 Å². The first-order valence-electron chi connectivity index (χ1n) is 7.58. The predicted octanol–water partition coefficient (Wildman–Crippen LogP) is 4.10. The van der Waals surface area contributed by atoms with Gasteiger partial charge in [0.25, 0.3) is 0 Å². The lowest BCUT2D eigenvalue weighted by Gasteiger charge is -2.03. The molecular weight excluding hydrogens is 314 g/mol. The van der Waals surface area contributed by atoms with Crippen LogP contribution in [0.3, 0.4) is 0 Å². The van der Waals surface area contributed by atoms with Crippen LogP contribution >= 0.6 is 15.9 Å². The Balaban J connectivity index is 1.84. The lowest BCUT2D eigenvalue weighted by Crippen LogP contribution is -2.15. The fourth-order valence-electron chi connectivity index (χ4n) is 2.47. The van der Waals surface area contributed by atoms with Gasteiger partial charge in [-0.05, 0) is 32.4 Å². The maximum absolute atomic E-state index is 4.70. The van der Waals surface area contributed by atoms with E-state index >= 15 is 0 Å². The topological polar surface area (TPSA) is 29.9 Å². The summed E-state index contributed by atoms with van der Waals surface area (Å²) >= 11 is 3.47. The fraction of sp³-hybridized carbons (Fsp3) is 0.562. The van der Waals surface area contributed by atoms with Crippen molar-refractivity contribution in [3.63, 3.8) is 0 Å². The van der Waals surface area contributed by atoms with Crippen LogP contribution in [0.25, 0.3) is 10.9 Å². The van der Waals surface area contributed by atoms with Gasteiger partial charge in [0.2, 0.25) is 0 Å². The molecule has 0 saturated carbocycles. The SMILES string of the molecule is CCn1nc(CNCCCCCCBr)c2ccccc21. The minimum atomic E-state index is 0.867. The van der Waals surface area contributed by atoms with Crippen molar-refractivity contribution in [1.29, 1.82) is 0 Å². The zero-order valence-corrected chi connectivity index (χ0v) is 13.8. The van der Waals surface area contributed by atoms with E-state index in [2.05, 4.69) is 57.1 Å². The Morgan fingerprint density at radius 2 is 1.95 bits per heavy atom. The normalized spacial score (nSPS) is 11.3. The highest BCUT2D eigenvalue weighted by molar-refractivity contribution is 9.09. The highest BCUT2D eigenvalue weighted by Crippen LogP contribution is 2.18. The molecule has 1 N–H and O–H groups in total. The van der Waals surface area contributed by atoms with Crippen molar-refractivity contribution < 1.29 is 0 Å². The van der Waals surface area contributed by atoms with Crippen LogP contribution in [0.15, 0.2) is 24.3 Å². The highest BCUT2D eigenvalue weighted by atomic mass is 79.9. The van der Waals surface area contributed by atoms with Crippen molar-refractivity contribution in [2.45, 2.75) is 45.7 Å². The predicted molar refractivity (Wildman–Crippen MR) is 89.4 cm³/mol. The van der Waals surface area contributed by atoms with Gasteiger partial charge < -0.3 is 5.32 Å². The molecule has 0 atom stereocenters. The number of benzene rings is 1. The van der Waals surface area contributed by atoms with Crippen molar-refractivity contribution in [3.8, 4) is 0 Å². The van der Waals surface area contributed by atoms with E-state index < -0.39 is 0 Å². The van der Waals surface area contributed by atoms with Crippen molar-refractivity contribution in [2.24, 2.45) is 0 Å². The van der Waals surface area contributed by atoms with E-state index in [1.54, 1.807) is 0 Å². The third-order valence-electron chi connectivity index (χ3n) is 3.56. The monoisotopic (exact) mass is 337 g/mol. The van der Waals surface area contributed by atoms with Crippen molar-refractivity contribution >= 4 is 26.8 Å². The Labute approximate surface area is 129 Å². The second kappa shape index (κ2) is 8.42. The van der Waals surface area contributed by atoms with Crippen LogP contribution in [0.5, 0.6) is 0 Å². The number of aromatic nitrogens is 2. The number of nitrogens with one attached hydrogen (secondary N) is 1. The number of aryl methyl sites for hydroxylation is 1. The third kappa shape index (κ3) is 4.06. The van der Waals surface area contributed by atoms with Crippen molar-refractivity contribution in [1.82, 2.24) is 15.1 Å². The van der Waals surface area contributed by atoms with Gasteiger partial charge in [-0.15, -0.1) is 0 Å². The number of hydrogen-bond acceptors (Lipinski definition) is 2. The molecular formula is C16H24BrN3. The van der Waals surface area contributed by atoms with Gasteiger partial charge in [0.1, 0.15) is 0 Å². The number of halogens is 1. The minimum absolute atomic E-state index is 0.867. The molecule has 0 bridgehead atoms. The van der Waals surface area contributed by atoms with E-state index in [4.69, 9.17) is 5.10 Å². The van der Waals surface area contributed by atoms with Crippen LogP contribution in [0, 0.1) is 0 Å². The zero-order chi connectivity index (χ0) is 14.2. The van der Waals surface area contributed by atoms with Gasteiger partial charge in [0.15, 0.2) is 0 Å². The van der Waals surface area contributed by atoms with Crippen LogP contribution < -0.4 is 5.32 Å². The molecule has 110 valence electrons. The number of hydrogen-bond donors (Lipinski definition) is 1. The van der Waals surface area contributed by atoms with Gasteiger partial charge in [0, 0.05) is 23.8 Å². The molecule has 0 spiro atoms. The summed E-state index contributed by atoms with van der Waals surface area (Å²) in [6.07, 6.45) is 5.16. The summed E-state index contributed by atoms with van der Waals surface area (Å²) in [6.45, 7) is 5.01. The Morgan fingerprint density at radius 1 is 1.15 bits per heavy atom. The fourth-order valence-corrected chi connectivity index (χ4v) is 2.87.